The van der Waals surface area contributed by atoms with Gasteiger partial charge in [0.15, 0.2) is 0 Å². The van der Waals surface area contributed by atoms with E-state index in [-0.39, 0.29) is 21.7 Å². The van der Waals surface area contributed by atoms with Crippen molar-refractivity contribution in [2.24, 2.45) is 0 Å². The van der Waals surface area contributed by atoms with Crippen LogP contribution in [0, 0.1) is 0 Å². The molecule has 0 aromatic heterocycles. The summed E-state index contributed by atoms with van der Waals surface area (Å²) in [6.07, 6.45) is 19.2. The van der Waals surface area contributed by atoms with Crippen LogP contribution in [0.1, 0.15) is 137 Å². The summed E-state index contributed by atoms with van der Waals surface area (Å²) in [5, 5.41) is 10.0. The van der Waals surface area contributed by atoms with Crippen LogP contribution in [-0.2, 0) is 40.7 Å². The number of carboxylic acids is 1. The zero-order chi connectivity index (χ0) is 23.9. The Bertz CT molecular complexity index is 411. The molecule has 6 heteroatoms. The van der Waals surface area contributed by atoms with E-state index in [1.165, 1.54) is 70.6 Å². The van der Waals surface area contributed by atoms with Gasteiger partial charge in [0.05, 0.1) is 13.2 Å². The topological polar surface area (TPSA) is 65.0 Å². The molecule has 0 aliphatic carbocycles. The van der Waals surface area contributed by atoms with Gasteiger partial charge in [0.25, 0.3) is 5.79 Å². The first-order valence-corrected chi connectivity index (χ1v) is 13.7. The summed E-state index contributed by atoms with van der Waals surface area (Å²) in [6.45, 7) is 9.46. The quantitative estimate of drug-likeness (QED) is 0.0775. The second-order valence-corrected chi connectivity index (χ2v) is 9.06. The van der Waals surface area contributed by atoms with E-state index in [2.05, 4.69) is 6.92 Å². The van der Waals surface area contributed by atoms with Crippen LogP contribution < -0.4 is 0 Å². The van der Waals surface area contributed by atoms with Crippen LogP contribution in [0.4, 0.5) is 0 Å². The van der Waals surface area contributed by atoms with Crippen molar-refractivity contribution >= 4 is 5.97 Å². The molecule has 0 saturated carbocycles. The Morgan fingerprint density at radius 2 is 1.03 bits per heavy atom. The number of aliphatic carboxylic acids is 1. The number of ether oxygens (including phenoxy) is 3. The Morgan fingerprint density at radius 1 is 0.636 bits per heavy atom. The maximum absolute atomic E-state index is 12.2. The van der Waals surface area contributed by atoms with E-state index < -0.39 is 17.9 Å². The van der Waals surface area contributed by atoms with Crippen LogP contribution >= 0.6 is 0 Å². The van der Waals surface area contributed by atoms with Gasteiger partial charge in [-0.05, 0) is 25.7 Å². The van der Waals surface area contributed by atoms with Crippen LogP contribution in [0.5, 0.6) is 0 Å². The maximum atomic E-state index is 12.2. The predicted molar refractivity (Wildman–Crippen MR) is 133 cm³/mol. The summed E-state index contributed by atoms with van der Waals surface area (Å²) in [7, 11) is 0. The van der Waals surface area contributed by atoms with Crippen molar-refractivity contribution in [1.29, 1.82) is 0 Å². The Kier molecular flexibility index (Phi) is 26.9. The van der Waals surface area contributed by atoms with E-state index in [1.807, 2.05) is 20.8 Å². The van der Waals surface area contributed by atoms with Crippen molar-refractivity contribution in [3.05, 3.63) is 0 Å². The molecular weight excluding hydrogens is 452 g/mol. The minimum absolute atomic E-state index is 0. The van der Waals surface area contributed by atoms with Gasteiger partial charge in [-0.15, -0.1) is 0 Å². The fourth-order valence-electron chi connectivity index (χ4n) is 3.99. The van der Waals surface area contributed by atoms with Gasteiger partial charge in [0.1, 0.15) is 6.10 Å². The third-order valence-electron chi connectivity index (χ3n) is 5.86. The monoisotopic (exact) mass is 506 g/mol. The van der Waals surface area contributed by atoms with Gasteiger partial charge in [0, 0.05) is 28.3 Å². The Hall–Kier alpha value is 0.0643. The van der Waals surface area contributed by atoms with Crippen LogP contribution in [0.25, 0.3) is 0 Å². The molecule has 1 atom stereocenters. The van der Waals surface area contributed by atoms with Crippen LogP contribution in [0.3, 0.4) is 0 Å². The van der Waals surface area contributed by atoms with Crippen molar-refractivity contribution in [3.63, 3.8) is 0 Å². The molecule has 33 heavy (non-hydrogen) atoms. The average molecular weight is 507 g/mol. The summed E-state index contributed by atoms with van der Waals surface area (Å²) in [5.74, 6) is -2.77. The molecule has 0 amide bonds. The molecule has 0 aliphatic rings. The van der Waals surface area contributed by atoms with Crippen LogP contribution in [0.2, 0.25) is 0 Å². The number of rotatable bonds is 25. The van der Waals surface area contributed by atoms with Gasteiger partial charge in [-0.1, -0.05) is 111 Å². The molecule has 0 saturated heterocycles. The fourth-order valence-corrected chi connectivity index (χ4v) is 3.99. The standard InChI is InChI=1S/C27H54O5.Ti/c1-5-9-10-11-12-13-14-15-16-17-18-19-20-21-25(30-22-6-2)27(26(28)29,31-23-7-3)32-24-8-4;/h25H,5-24H2,1-4H3,(H,28,29);. The fraction of sp³-hybridized carbons (Fsp3) is 0.963. The average Bonchev–Trinajstić information content (AvgIpc) is 2.79. The minimum Gasteiger partial charge on any atom is -0.477 e. The van der Waals surface area contributed by atoms with E-state index in [1.54, 1.807) is 0 Å². The number of carbonyl (C=O) groups is 1. The maximum Gasteiger partial charge on any atom is 0.367 e. The van der Waals surface area contributed by atoms with Gasteiger partial charge >= 0.3 is 5.97 Å². The second-order valence-electron chi connectivity index (χ2n) is 9.06. The van der Waals surface area contributed by atoms with Crippen molar-refractivity contribution in [3.8, 4) is 0 Å². The van der Waals surface area contributed by atoms with Crippen LogP contribution in [-0.4, -0.2) is 42.8 Å². The van der Waals surface area contributed by atoms with E-state index in [0.717, 1.165) is 32.1 Å². The molecule has 0 spiro atoms. The predicted octanol–water partition coefficient (Wildman–Crippen LogP) is 7.89. The molecule has 0 radical (unpaired) electrons. The third kappa shape index (κ3) is 17.2. The summed E-state index contributed by atoms with van der Waals surface area (Å²) in [4.78, 5) is 12.2. The smallest absolute Gasteiger partial charge is 0.367 e. The summed E-state index contributed by atoms with van der Waals surface area (Å²) < 4.78 is 17.6. The van der Waals surface area contributed by atoms with E-state index in [0.29, 0.717) is 26.2 Å². The molecule has 1 N–H and O–H groups in total. The summed E-state index contributed by atoms with van der Waals surface area (Å²) in [5.41, 5.74) is 0. The summed E-state index contributed by atoms with van der Waals surface area (Å²) >= 11 is 0. The minimum atomic E-state index is -1.70. The molecule has 196 valence electrons. The zero-order valence-electron chi connectivity index (χ0n) is 22.3. The van der Waals surface area contributed by atoms with Gasteiger partial charge in [-0.25, -0.2) is 4.79 Å². The first kappa shape index (κ1) is 35.2. The van der Waals surface area contributed by atoms with Crippen LogP contribution in [0.15, 0.2) is 0 Å². The van der Waals surface area contributed by atoms with Gasteiger partial charge < -0.3 is 19.3 Å². The van der Waals surface area contributed by atoms with E-state index in [4.69, 9.17) is 14.2 Å². The molecule has 0 heterocycles. The van der Waals surface area contributed by atoms with E-state index in [9.17, 15) is 9.90 Å². The first-order chi connectivity index (χ1) is 15.6. The normalized spacial score (nSPS) is 12.5. The number of unbranched alkanes of at least 4 members (excludes halogenated alkanes) is 12. The number of hydrogen-bond acceptors (Lipinski definition) is 4. The number of hydrogen-bond donors (Lipinski definition) is 1. The Balaban J connectivity index is 0. The molecule has 0 bridgehead atoms. The second kappa shape index (κ2) is 25.2. The largest absolute Gasteiger partial charge is 0.477 e. The SMILES string of the molecule is CCCCCCCCCCCCCCCC(OCCC)C(OCCC)(OCCC)C(=O)O.[Ti]. The van der Waals surface area contributed by atoms with Crippen molar-refractivity contribution in [1.82, 2.24) is 0 Å². The van der Waals surface area contributed by atoms with E-state index >= 15 is 0 Å². The number of carboxylic acid groups (broad SMARTS) is 1. The molecule has 0 rings (SSSR count). The molecule has 5 nitrogen and oxygen atoms in total. The molecular formula is C27H54O5Ti. The first-order valence-electron chi connectivity index (χ1n) is 13.7. The van der Waals surface area contributed by atoms with Gasteiger partial charge in [-0.3, -0.25) is 0 Å². The Morgan fingerprint density at radius 3 is 1.39 bits per heavy atom. The van der Waals surface area contributed by atoms with Gasteiger partial charge in [-0.2, -0.15) is 0 Å². The molecule has 0 aromatic carbocycles. The van der Waals surface area contributed by atoms with Crippen molar-refractivity contribution in [2.75, 3.05) is 19.8 Å². The van der Waals surface area contributed by atoms with Crippen molar-refractivity contribution in [2.45, 2.75) is 149 Å². The molecule has 0 aliphatic heterocycles. The Labute approximate surface area is 220 Å². The molecule has 0 aromatic rings. The molecule has 0 fully saturated rings. The summed E-state index contributed by atoms with van der Waals surface area (Å²) in [6, 6.07) is 0. The third-order valence-corrected chi connectivity index (χ3v) is 5.86. The van der Waals surface area contributed by atoms with Crippen molar-refractivity contribution < 1.29 is 45.8 Å². The zero-order valence-corrected chi connectivity index (χ0v) is 23.9. The molecule has 1 unspecified atom stereocenters. The van der Waals surface area contributed by atoms with Gasteiger partial charge in [0.2, 0.25) is 0 Å².